The molecule has 2 rings (SSSR count). The predicted octanol–water partition coefficient (Wildman–Crippen LogP) is 5.23. The van der Waals surface area contributed by atoms with Crippen molar-refractivity contribution in [2.24, 2.45) is 0 Å². The van der Waals surface area contributed by atoms with Crippen molar-refractivity contribution in [2.75, 3.05) is 17.1 Å². The van der Waals surface area contributed by atoms with Crippen LogP contribution in [0.4, 0.5) is 5.69 Å². The molecule has 0 aromatic heterocycles. The normalized spacial score (nSPS) is 12.6. The number of amides is 2. The second-order valence-electron chi connectivity index (χ2n) is 10.5. The summed E-state index contributed by atoms with van der Waals surface area (Å²) in [5, 5.41) is 3.43. The number of nitrogens with one attached hydrogen (secondary N) is 1. The molecule has 0 aliphatic rings. The van der Waals surface area contributed by atoms with Gasteiger partial charge in [0.2, 0.25) is 21.8 Å². The van der Waals surface area contributed by atoms with E-state index in [4.69, 9.17) is 11.6 Å². The SMILES string of the molecule is CC[C@@H](C(=O)NC(C)(C)C)N(Cc1ccc(C)cc1)C(=O)CCCN(c1cc(Cl)ccc1C)S(C)(=O)=O. The maximum absolute atomic E-state index is 13.5. The van der Waals surface area contributed by atoms with E-state index in [1.807, 2.05) is 65.8 Å². The summed E-state index contributed by atoms with van der Waals surface area (Å²) in [5.74, 6) is -0.407. The minimum atomic E-state index is -3.60. The van der Waals surface area contributed by atoms with Crippen molar-refractivity contribution in [3.05, 3.63) is 64.2 Å². The molecule has 204 valence electrons. The lowest BCUT2D eigenvalue weighted by atomic mass is 10.0. The maximum atomic E-state index is 13.5. The van der Waals surface area contributed by atoms with Gasteiger partial charge in [-0.05, 0) is 70.7 Å². The first-order chi connectivity index (χ1) is 17.1. The van der Waals surface area contributed by atoms with Gasteiger partial charge in [-0.1, -0.05) is 54.4 Å². The fourth-order valence-electron chi connectivity index (χ4n) is 4.10. The van der Waals surface area contributed by atoms with Gasteiger partial charge >= 0.3 is 0 Å². The zero-order valence-corrected chi connectivity index (χ0v) is 24.5. The number of hydrogen-bond donors (Lipinski definition) is 1. The Kier molecular flexibility index (Phi) is 10.6. The van der Waals surface area contributed by atoms with Gasteiger partial charge in [-0.15, -0.1) is 0 Å². The number of hydrogen-bond acceptors (Lipinski definition) is 4. The van der Waals surface area contributed by atoms with E-state index < -0.39 is 21.6 Å². The second-order valence-corrected chi connectivity index (χ2v) is 12.9. The molecule has 0 bridgehead atoms. The summed E-state index contributed by atoms with van der Waals surface area (Å²) < 4.78 is 26.5. The van der Waals surface area contributed by atoms with Crippen molar-refractivity contribution >= 4 is 39.1 Å². The molecular formula is C28H40ClN3O4S. The van der Waals surface area contributed by atoms with Crippen LogP contribution >= 0.6 is 11.6 Å². The first-order valence-corrected chi connectivity index (χ1v) is 14.8. The molecule has 0 spiro atoms. The molecule has 2 aromatic carbocycles. The summed E-state index contributed by atoms with van der Waals surface area (Å²) in [7, 11) is -3.60. The van der Waals surface area contributed by atoms with Crippen LogP contribution in [-0.4, -0.2) is 49.5 Å². The van der Waals surface area contributed by atoms with Crippen LogP contribution in [0.25, 0.3) is 0 Å². The summed E-state index contributed by atoms with van der Waals surface area (Å²) in [5.41, 5.74) is 2.86. The lowest BCUT2D eigenvalue weighted by Crippen LogP contribution is -2.53. The van der Waals surface area contributed by atoms with Gasteiger partial charge in [-0.2, -0.15) is 0 Å². The highest BCUT2D eigenvalue weighted by Gasteiger charge is 2.30. The third kappa shape index (κ3) is 9.34. The maximum Gasteiger partial charge on any atom is 0.243 e. The number of sulfonamides is 1. The average Bonchev–Trinajstić information content (AvgIpc) is 2.77. The van der Waals surface area contributed by atoms with Crippen molar-refractivity contribution in [3.8, 4) is 0 Å². The zero-order valence-electron chi connectivity index (χ0n) is 23.0. The molecule has 0 radical (unpaired) electrons. The van der Waals surface area contributed by atoms with E-state index in [-0.39, 0.29) is 24.8 Å². The highest BCUT2D eigenvalue weighted by Crippen LogP contribution is 2.27. The molecule has 0 saturated heterocycles. The number of aryl methyl sites for hydroxylation is 2. The second kappa shape index (κ2) is 12.8. The molecule has 37 heavy (non-hydrogen) atoms. The van der Waals surface area contributed by atoms with Gasteiger partial charge in [-0.25, -0.2) is 8.42 Å². The van der Waals surface area contributed by atoms with Gasteiger partial charge in [-0.3, -0.25) is 13.9 Å². The number of anilines is 1. The molecule has 0 aliphatic carbocycles. The van der Waals surface area contributed by atoms with Crippen molar-refractivity contribution < 1.29 is 18.0 Å². The summed E-state index contributed by atoms with van der Waals surface area (Å²) in [6.45, 7) is 11.8. The summed E-state index contributed by atoms with van der Waals surface area (Å²) >= 11 is 6.13. The number of carbonyl (C=O) groups excluding carboxylic acids is 2. The molecule has 0 aliphatic heterocycles. The third-order valence-corrected chi connectivity index (χ3v) is 7.36. The number of rotatable bonds is 11. The van der Waals surface area contributed by atoms with E-state index in [0.29, 0.717) is 30.1 Å². The van der Waals surface area contributed by atoms with Crippen LogP contribution in [0.15, 0.2) is 42.5 Å². The van der Waals surface area contributed by atoms with Crippen molar-refractivity contribution in [2.45, 2.75) is 78.9 Å². The van der Waals surface area contributed by atoms with Crippen LogP contribution in [0.5, 0.6) is 0 Å². The molecule has 0 saturated carbocycles. The van der Waals surface area contributed by atoms with Gasteiger partial charge in [0, 0.05) is 30.1 Å². The molecular weight excluding hydrogens is 510 g/mol. The molecule has 9 heteroatoms. The molecule has 1 N–H and O–H groups in total. The highest BCUT2D eigenvalue weighted by atomic mass is 35.5. The molecule has 0 fully saturated rings. The van der Waals surface area contributed by atoms with Gasteiger partial charge < -0.3 is 10.2 Å². The monoisotopic (exact) mass is 549 g/mol. The lowest BCUT2D eigenvalue weighted by molar-refractivity contribution is -0.142. The van der Waals surface area contributed by atoms with E-state index in [1.165, 1.54) is 4.31 Å². The Bertz CT molecular complexity index is 1190. The minimum absolute atomic E-state index is 0.0940. The van der Waals surface area contributed by atoms with Gasteiger partial charge in [0.1, 0.15) is 6.04 Å². The standard InChI is InChI=1S/C28H40ClN3O4S/c1-8-24(27(34)30-28(4,5)6)31(19-22-14-11-20(2)12-15-22)26(33)10-9-17-32(37(7,35)36)25-18-23(29)16-13-21(25)3/h11-16,18,24H,8-10,17,19H2,1-7H3,(H,30,34)/t24-/m0/s1. The quantitative estimate of drug-likeness (QED) is 0.416. The Morgan fingerprint density at radius 1 is 1.05 bits per heavy atom. The van der Waals surface area contributed by atoms with E-state index in [1.54, 1.807) is 23.1 Å². The molecule has 2 aromatic rings. The number of nitrogens with zero attached hydrogens (tertiary/aromatic N) is 2. The van der Waals surface area contributed by atoms with E-state index in [9.17, 15) is 18.0 Å². The Hall–Kier alpha value is -2.58. The van der Waals surface area contributed by atoms with Crippen LogP contribution < -0.4 is 9.62 Å². The zero-order chi connectivity index (χ0) is 28.0. The van der Waals surface area contributed by atoms with E-state index >= 15 is 0 Å². The Morgan fingerprint density at radius 2 is 1.68 bits per heavy atom. The minimum Gasteiger partial charge on any atom is -0.350 e. The Labute approximate surface area is 227 Å². The van der Waals surface area contributed by atoms with Crippen LogP contribution in [0.2, 0.25) is 5.02 Å². The first-order valence-electron chi connectivity index (χ1n) is 12.5. The summed E-state index contributed by atoms with van der Waals surface area (Å²) in [6.07, 6.45) is 1.98. The molecule has 0 unspecified atom stereocenters. The number of benzene rings is 2. The van der Waals surface area contributed by atoms with Gasteiger partial charge in [0.15, 0.2) is 0 Å². The van der Waals surface area contributed by atoms with Crippen molar-refractivity contribution in [3.63, 3.8) is 0 Å². The summed E-state index contributed by atoms with van der Waals surface area (Å²) in [6, 6.07) is 12.3. The molecule has 0 heterocycles. The topological polar surface area (TPSA) is 86.8 Å². The van der Waals surface area contributed by atoms with E-state index in [2.05, 4.69) is 5.32 Å². The molecule has 2 amide bonds. The molecule has 1 atom stereocenters. The van der Waals surface area contributed by atoms with Gasteiger partial charge in [0.05, 0.1) is 11.9 Å². The Morgan fingerprint density at radius 3 is 2.22 bits per heavy atom. The largest absolute Gasteiger partial charge is 0.350 e. The smallest absolute Gasteiger partial charge is 0.243 e. The number of carbonyl (C=O) groups is 2. The third-order valence-electron chi connectivity index (χ3n) is 5.95. The van der Waals surface area contributed by atoms with Crippen molar-refractivity contribution in [1.29, 1.82) is 0 Å². The fraction of sp³-hybridized carbons (Fsp3) is 0.500. The van der Waals surface area contributed by atoms with Crippen molar-refractivity contribution in [1.82, 2.24) is 10.2 Å². The number of halogens is 1. The highest BCUT2D eigenvalue weighted by molar-refractivity contribution is 7.92. The first kappa shape index (κ1) is 30.6. The lowest BCUT2D eigenvalue weighted by Gasteiger charge is -2.33. The Balaban J connectivity index is 2.27. The van der Waals surface area contributed by atoms with Crippen LogP contribution in [0, 0.1) is 13.8 Å². The van der Waals surface area contributed by atoms with Gasteiger partial charge in [0.25, 0.3) is 0 Å². The predicted molar refractivity (Wildman–Crippen MR) is 151 cm³/mol. The molecule has 7 nitrogen and oxygen atoms in total. The average molecular weight is 550 g/mol. The van der Waals surface area contributed by atoms with Crippen LogP contribution in [-0.2, 0) is 26.2 Å². The van der Waals surface area contributed by atoms with Crippen LogP contribution in [0.3, 0.4) is 0 Å². The van der Waals surface area contributed by atoms with E-state index in [0.717, 1.165) is 22.9 Å². The van der Waals surface area contributed by atoms with Crippen LogP contribution in [0.1, 0.15) is 63.6 Å². The fourth-order valence-corrected chi connectivity index (χ4v) is 5.28. The summed E-state index contributed by atoms with van der Waals surface area (Å²) in [4.78, 5) is 28.3.